The highest BCUT2D eigenvalue weighted by molar-refractivity contribution is 5.76. The Bertz CT molecular complexity index is 927. The number of rotatable bonds is 6. The molecule has 0 aliphatic heterocycles. The van der Waals surface area contributed by atoms with E-state index in [0.717, 1.165) is 12.8 Å². The van der Waals surface area contributed by atoms with E-state index in [-0.39, 0.29) is 24.1 Å². The fourth-order valence-corrected chi connectivity index (χ4v) is 2.90. The van der Waals surface area contributed by atoms with Crippen molar-refractivity contribution in [3.05, 3.63) is 70.4 Å². The summed E-state index contributed by atoms with van der Waals surface area (Å²) in [4.78, 5) is 24.6. The van der Waals surface area contributed by atoms with Crippen LogP contribution in [0.15, 0.2) is 53.5 Å². The molecule has 0 aliphatic carbocycles. The van der Waals surface area contributed by atoms with Gasteiger partial charge in [-0.2, -0.15) is 5.10 Å². The Labute approximate surface area is 146 Å². The Morgan fingerprint density at radius 1 is 1.20 bits per heavy atom. The van der Waals surface area contributed by atoms with Gasteiger partial charge in [-0.1, -0.05) is 30.3 Å². The number of amides is 1. The second kappa shape index (κ2) is 7.34. The Morgan fingerprint density at radius 3 is 2.72 bits per heavy atom. The van der Waals surface area contributed by atoms with Crippen LogP contribution in [0.1, 0.15) is 24.7 Å². The fraction of sp³-hybridized carbons (Fsp3) is 0.316. The Kier molecular flexibility index (Phi) is 4.97. The molecule has 0 spiro atoms. The quantitative estimate of drug-likeness (QED) is 0.747. The van der Waals surface area contributed by atoms with E-state index in [1.807, 2.05) is 32.0 Å². The van der Waals surface area contributed by atoms with Gasteiger partial charge in [-0.05, 0) is 44.4 Å². The molecule has 2 aromatic heterocycles. The summed E-state index contributed by atoms with van der Waals surface area (Å²) in [5.74, 6) is 0.468. The maximum atomic E-state index is 12.4. The Hall–Kier alpha value is -2.89. The molecular weight excluding hydrogens is 316 g/mol. The lowest BCUT2D eigenvalue weighted by molar-refractivity contribution is -0.122. The maximum absolute atomic E-state index is 12.4. The van der Waals surface area contributed by atoms with Gasteiger partial charge in [-0.3, -0.25) is 14.0 Å². The number of fused-ring (bicyclic) bond motifs is 1. The lowest BCUT2D eigenvalue weighted by Gasteiger charge is -2.14. The summed E-state index contributed by atoms with van der Waals surface area (Å²) in [5, 5.41) is 7.16. The number of carbonyl (C=O) groups is 1. The summed E-state index contributed by atoms with van der Waals surface area (Å²) in [7, 11) is 0. The molecular formula is C19H22N4O2. The topological polar surface area (TPSA) is 68.4 Å². The molecule has 0 saturated heterocycles. The highest BCUT2D eigenvalue weighted by Gasteiger charge is 2.12. The average Bonchev–Trinajstić information content (AvgIpc) is 3.09. The van der Waals surface area contributed by atoms with E-state index in [2.05, 4.69) is 22.5 Å². The molecule has 6 nitrogen and oxygen atoms in total. The van der Waals surface area contributed by atoms with Gasteiger partial charge < -0.3 is 5.32 Å². The van der Waals surface area contributed by atoms with Gasteiger partial charge >= 0.3 is 0 Å². The zero-order chi connectivity index (χ0) is 17.8. The van der Waals surface area contributed by atoms with E-state index >= 15 is 0 Å². The van der Waals surface area contributed by atoms with Crippen LogP contribution in [0, 0.1) is 6.92 Å². The highest BCUT2D eigenvalue weighted by atomic mass is 16.2. The Balaban J connectivity index is 1.61. The molecule has 0 aliphatic rings. The minimum Gasteiger partial charge on any atom is -0.352 e. The number of aryl methyl sites for hydroxylation is 2. The van der Waals surface area contributed by atoms with Gasteiger partial charge in [0.2, 0.25) is 5.91 Å². The van der Waals surface area contributed by atoms with Crippen molar-refractivity contribution in [2.24, 2.45) is 0 Å². The molecule has 0 saturated carbocycles. The number of hydrogen-bond donors (Lipinski definition) is 1. The molecule has 0 fully saturated rings. The summed E-state index contributed by atoms with van der Waals surface area (Å²) in [6, 6.07) is 13.7. The van der Waals surface area contributed by atoms with Crippen molar-refractivity contribution in [1.29, 1.82) is 0 Å². The van der Waals surface area contributed by atoms with Gasteiger partial charge in [-0.15, -0.1) is 0 Å². The van der Waals surface area contributed by atoms with Crippen LogP contribution in [-0.2, 0) is 17.8 Å². The molecule has 1 aromatic carbocycles. The fourth-order valence-electron chi connectivity index (χ4n) is 2.90. The normalized spacial score (nSPS) is 12.2. The third-order valence-corrected chi connectivity index (χ3v) is 4.23. The highest BCUT2D eigenvalue weighted by Crippen LogP contribution is 2.05. The van der Waals surface area contributed by atoms with Gasteiger partial charge in [-0.25, -0.2) is 4.68 Å². The van der Waals surface area contributed by atoms with Crippen molar-refractivity contribution in [3.8, 4) is 0 Å². The molecule has 3 aromatic rings. The van der Waals surface area contributed by atoms with E-state index < -0.39 is 0 Å². The van der Waals surface area contributed by atoms with Crippen molar-refractivity contribution in [2.45, 2.75) is 39.3 Å². The lowest BCUT2D eigenvalue weighted by Crippen LogP contribution is -2.39. The second-order valence-corrected chi connectivity index (χ2v) is 6.27. The van der Waals surface area contributed by atoms with Crippen molar-refractivity contribution in [3.63, 3.8) is 0 Å². The monoisotopic (exact) mass is 338 g/mol. The zero-order valence-electron chi connectivity index (χ0n) is 14.5. The van der Waals surface area contributed by atoms with E-state index in [0.29, 0.717) is 11.3 Å². The molecule has 1 amide bonds. The average molecular weight is 338 g/mol. The van der Waals surface area contributed by atoms with Crippen LogP contribution in [0.5, 0.6) is 0 Å². The van der Waals surface area contributed by atoms with E-state index in [1.165, 1.54) is 10.2 Å². The molecule has 0 unspecified atom stereocenters. The van der Waals surface area contributed by atoms with Crippen LogP contribution in [0.25, 0.3) is 5.52 Å². The molecule has 2 heterocycles. The number of aromatic nitrogens is 3. The lowest BCUT2D eigenvalue weighted by atomic mass is 10.1. The molecule has 130 valence electrons. The van der Waals surface area contributed by atoms with Crippen molar-refractivity contribution >= 4 is 11.4 Å². The first-order valence-electron chi connectivity index (χ1n) is 8.42. The van der Waals surface area contributed by atoms with Crippen LogP contribution in [0.2, 0.25) is 0 Å². The number of benzene rings is 1. The number of nitrogens with one attached hydrogen (secondary N) is 1. The predicted octanol–water partition coefficient (Wildman–Crippen LogP) is 1.94. The van der Waals surface area contributed by atoms with Crippen LogP contribution in [0.3, 0.4) is 0 Å². The largest absolute Gasteiger partial charge is 0.352 e. The third kappa shape index (κ3) is 3.96. The van der Waals surface area contributed by atoms with Crippen LogP contribution in [-0.4, -0.2) is 26.1 Å². The summed E-state index contributed by atoms with van der Waals surface area (Å²) < 4.78 is 2.95. The van der Waals surface area contributed by atoms with Gasteiger partial charge in [0.1, 0.15) is 17.9 Å². The number of carbonyl (C=O) groups excluding carboxylic acids is 1. The van der Waals surface area contributed by atoms with E-state index in [1.54, 1.807) is 22.7 Å². The van der Waals surface area contributed by atoms with Gasteiger partial charge in [0.05, 0.1) is 0 Å². The standard InChI is InChI=1S/C19H22N4O2/c1-14(10-11-16-7-4-3-5-8-16)20-18(24)13-23-19(25)17-9-6-12-22(17)15(2)21-23/h3-9,12,14H,10-11,13H2,1-2H3,(H,20,24)/t14-/m0/s1. The minimum atomic E-state index is -0.261. The summed E-state index contributed by atoms with van der Waals surface area (Å²) in [6.07, 6.45) is 3.53. The van der Waals surface area contributed by atoms with E-state index in [9.17, 15) is 9.59 Å². The molecule has 0 bridgehead atoms. The Morgan fingerprint density at radius 2 is 1.96 bits per heavy atom. The first kappa shape index (κ1) is 17.0. The van der Waals surface area contributed by atoms with Crippen molar-refractivity contribution in [1.82, 2.24) is 19.5 Å². The van der Waals surface area contributed by atoms with Crippen LogP contribution < -0.4 is 10.9 Å². The molecule has 6 heteroatoms. The third-order valence-electron chi connectivity index (χ3n) is 4.23. The van der Waals surface area contributed by atoms with E-state index in [4.69, 9.17) is 0 Å². The summed E-state index contributed by atoms with van der Waals surface area (Å²) >= 11 is 0. The van der Waals surface area contributed by atoms with Gasteiger partial charge in [0.25, 0.3) is 5.56 Å². The first-order valence-corrected chi connectivity index (χ1v) is 8.42. The van der Waals surface area contributed by atoms with Gasteiger partial charge in [0, 0.05) is 12.2 Å². The summed E-state index contributed by atoms with van der Waals surface area (Å²) in [5.41, 5.74) is 1.51. The van der Waals surface area contributed by atoms with Crippen LogP contribution in [0.4, 0.5) is 0 Å². The molecule has 25 heavy (non-hydrogen) atoms. The first-order chi connectivity index (χ1) is 12.0. The number of hydrogen-bond acceptors (Lipinski definition) is 3. The van der Waals surface area contributed by atoms with Crippen molar-refractivity contribution < 1.29 is 4.79 Å². The second-order valence-electron chi connectivity index (χ2n) is 6.27. The zero-order valence-corrected chi connectivity index (χ0v) is 14.5. The number of nitrogens with zero attached hydrogens (tertiary/aromatic N) is 3. The molecule has 1 N–H and O–H groups in total. The predicted molar refractivity (Wildman–Crippen MR) is 96.6 cm³/mol. The maximum Gasteiger partial charge on any atom is 0.291 e. The van der Waals surface area contributed by atoms with Crippen molar-refractivity contribution in [2.75, 3.05) is 0 Å². The molecule has 1 atom stereocenters. The van der Waals surface area contributed by atoms with Crippen LogP contribution >= 0.6 is 0 Å². The molecule has 3 rings (SSSR count). The smallest absolute Gasteiger partial charge is 0.291 e. The minimum absolute atomic E-state index is 0.0292. The van der Waals surface area contributed by atoms with Gasteiger partial charge in [0.15, 0.2) is 0 Å². The SMILES string of the molecule is Cc1nn(CC(=O)N[C@@H](C)CCc2ccccc2)c(=O)c2cccn12. The molecule has 0 radical (unpaired) electrons. The summed E-state index contributed by atoms with van der Waals surface area (Å²) in [6.45, 7) is 3.71.